The summed E-state index contributed by atoms with van der Waals surface area (Å²) in [5.41, 5.74) is 0. The van der Waals surface area contributed by atoms with Crippen molar-refractivity contribution in [1.82, 2.24) is 15.4 Å². The molecule has 1 saturated heterocycles. The monoisotopic (exact) mass is 391 g/mol. The van der Waals surface area contributed by atoms with Crippen LogP contribution in [0.3, 0.4) is 0 Å². The van der Waals surface area contributed by atoms with E-state index in [0.29, 0.717) is 12.4 Å². The number of hydrogen-bond acceptors (Lipinski definition) is 5. The molecule has 1 aliphatic heterocycles. The van der Waals surface area contributed by atoms with Gasteiger partial charge in [0.1, 0.15) is 5.75 Å². The third kappa shape index (κ3) is 7.19. The molecule has 3 N–H and O–H groups in total. The van der Waals surface area contributed by atoms with Gasteiger partial charge in [0.25, 0.3) is 0 Å². The minimum atomic E-state index is -3.62. The van der Waals surface area contributed by atoms with Gasteiger partial charge in [-0.1, -0.05) is 0 Å². The lowest BCUT2D eigenvalue weighted by atomic mass is 10.1. The van der Waals surface area contributed by atoms with Crippen molar-refractivity contribution < 1.29 is 17.9 Å². The van der Waals surface area contributed by atoms with E-state index in [9.17, 15) is 13.2 Å². The van der Waals surface area contributed by atoms with Crippen molar-refractivity contribution in [2.24, 2.45) is 0 Å². The first-order chi connectivity index (χ1) is 11.5. The average Bonchev–Trinajstić information content (AvgIpc) is 2.56. The van der Waals surface area contributed by atoms with Crippen molar-refractivity contribution in [2.45, 2.75) is 37.1 Å². The lowest BCUT2D eigenvalue weighted by Gasteiger charge is -2.23. The zero-order chi connectivity index (χ0) is 17.4. The number of halogens is 1. The minimum absolute atomic E-state index is 0. The van der Waals surface area contributed by atoms with Gasteiger partial charge in [-0.15, -0.1) is 12.4 Å². The molecular weight excluding hydrogens is 366 g/mol. The number of amides is 1. The molecule has 7 nitrogen and oxygen atoms in total. The highest BCUT2D eigenvalue weighted by Gasteiger charge is 2.17. The smallest absolute Gasteiger partial charge is 0.240 e. The summed E-state index contributed by atoms with van der Waals surface area (Å²) in [6.07, 6.45) is 2.11. The van der Waals surface area contributed by atoms with Crippen LogP contribution in [-0.4, -0.2) is 46.6 Å². The van der Waals surface area contributed by atoms with Gasteiger partial charge in [0.2, 0.25) is 15.9 Å². The Hall–Kier alpha value is -1.35. The van der Waals surface area contributed by atoms with Crippen LogP contribution in [0.5, 0.6) is 5.75 Å². The molecule has 0 aliphatic carbocycles. The molecule has 0 unspecified atom stereocenters. The average molecular weight is 392 g/mol. The first kappa shape index (κ1) is 21.7. The maximum Gasteiger partial charge on any atom is 0.240 e. The summed E-state index contributed by atoms with van der Waals surface area (Å²) in [6, 6.07) is 6.33. The van der Waals surface area contributed by atoms with Gasteiger partial charge in [-0.05, 0) is 50.6 Å². The highest BCUT2D eigenvalue weighted by atomic mass is 35.5. The number of piperidine rings is 1. The molecule has 1 heterocycles. The van der Waals surface area contributed by atoms with Gasteiger partial charge in [-0.25, -0.2) is 13.1 Å². The van der Waals surface area contributed by atoms with Crippen molar-refractivity contribution in [1.29, 1.82) is 0 Å². The molecule has 0 saturated carbocycles. The van der Waals surface area contributed by atoms with E-state index in [0.717, 1.165) is 25.9 Å². The Morgan fingerprint density at radius 3 is 2.64 bits per heavy atom. The molecule has 1 fully saturated rings. The molecule has 0 aromatic heterocycles. The third-order valence-corrected chi connectivity index (χ3v) is 5.23. The first-order valence-corrected chi connectivity index (χ1v) is 9.72. The molecular formula is C16H26ClN3O4S. The van der Waals surface area contributed by atoms with Crippen LogP contribution in [0.25, 0.3) is 0 Å². The van der Waals surface area contributed by atoms with E-state index in [1.54, 1.807) is 12.1 Å². The number of ether oxygens (including phenoxy) is 1. The topological polar surface area (TPSA) is 96.5 Å². The number of benzene rings is 1. The Kier molecular flexibility index (Phi) is 9.20. The molecule has 142 valence electrons. The number of carbonyl (C=O) groups excluding carboxylic acids is 1. The highest BCUT2D eigenvalue weighted by Crippen LogP contribution is 2.15. The van der Waals surface area contributed by atoms with Crippen LogP contribution in [0.1, 0.15) is 26.2 Å². The van der Waals surface area contributed by atoms with Crippen LogP contribution in [0.2, 0.25) is 0 Å². The van der Waals surface area contributed by atoms with E-state index < -0.39 is 10.0 Å². The summed E-state index contributed by atoms with van der Waals surface area (Å²) in [4.78, 5) is 12.0. The molecule has 1 amide bonds. The summed E-state index contributed by atoms with van der Waals surface area (Å²) >= 11 is 0. The molecule has 1 aliphatic rings. The molecule has 0 spiro atoms. The summed E-state index contributed by atoms with van der Waals surface area (Å²) in [7, 11) is -3.62. The number of carbonyl (C=O) groups is 1. The molecule has 9 heteroatoms. The number of nitrogens with one attached hydrogen (secondary N) is 3. The number of rotatable bonds is 8. The fourth-order valence-electron chi connectivity index (χ4n) is 2.54. The van der Waals surface area contributed by atoms with E-state index in [1.807, 2.05) is 6.92 Å². The lowest BCUT2D eigenvalue weighted by molar-refractivity contribution is -0.121. The van der Waals surface area contributed by atoms with Crippen molar-refractivity contribution in [3.63, 3.8) is 0 Å². The van der Waals surface area contributed by atoms with Gasteiger partial charge in [-0.2, -0.15) is 0 Å². The second-order valence-corrected chi connectivity index (χ2v) is 7.43. The fraction of sp³-hybridized carbons (Fsp3) is 0.562. The van der Waals surface area contributed by atoms with Crippen LogP contribution in [-0.2, 0) is 14.8 Å². The van der Waals surface area contributed by atoms with Crippen molar-refractivity contribution >= 4 is 28.3 Å². The molecule has 1 aromatic carbocycles. The summed E-state index contributed by atoms with van der Waals surface area (Å²) in [5.74, 6) is 0.481. The standard InChI is InChI=1S/C16H25N3O4S.ClH/c1-2-23-14-5-7-15(8-6-14)24(21,22)18-11-9-16(20)19-13-4-3-10-17-12-13;/h5-8,13,17-18H,2-4,9-12H2,1H3,(H,19,20);1H/t13-;/m0./s1. The lowest BCUT2D eigenvalue weighted by Crippen LogP contribution is -2.46. The Labute approximate surface area is 155 Å². The fourth-order valence-corrected chi connectivity index (χ4v) is 3.57. The number of hydrogen-bond donors (Lipinski definition) is 3. The predicted octanol–water partition coefficient (Wildman–Crippen LogP) is 1.04. The van der Waals surface area contributed by atoms with Gasteiger partial charge in [0.15, 0.2) is 0 Å². The van der Waals surface area contributed by atoms with Crippen LogP contribution in [0.15, 0.2) is 29.2 Å². The largest absolute Gasteiger partial charge is 0.494 e. The van der Waals surface area contributed by atoms with Crippen molar-refractivity contribution in [3.8, 4) is 5.75 Å². The van der Waals surface area contributed by atoms with E-state index in [1.165, 1.54) is 12.1 Å². The van der Waals surface area contributed by atoms with Crippen LogP contribution < -0.4 is 20.1 Å². The van der Waals surface area contributed by atoms with Gasteiger partial charge in [0.05, 0.1) is 11.5 Å². The van der Waals surface area contributed by atoms with E-state index in [4.69, 9.17) is 4.74 Å². The van der Waals surface area contributed by atoms with Gasteiger partial charge in [0, 0.05) is 25.6 Å². The van der Waals surface area contributed by atoms with E-state index in [-0.39, 0.29) is 42.2 Å². The second kappa shape index (κ2) is 10.6. The Morgan fingerprint density at radius 1 is 1.32 bits per heavy atom. The molecule has 25 heavy (non-hydrogen) atoms. The van der Waals surface area contributed by atoms with Crippen LogP contribution in [0, 0.1) is 0 Å². The summed E-state index contributed by atoms with van der Waals surface area (Å²) in [6.45, 7) is 4.20. The van der Waals surface area contributed by atoms with Crippen molar-refractivity contribution in [3.05, 3.63) is 24.3 Å². The first-order valence-electron chi connectivity index (χ1n) is 8.24. The van der Waals surface area contributed by atoms with Crippen LogP contribution >= 0.6 is 12.4 Å². The van der Waals surface area contributed by atoms with Crippen molar-refractivity contribution in [2.75, 3.05) is 26.2 Å². The predicted molar refractivity (Wildman–Crippen MR) is 98.7 cm³/mol. The summed E-state index contributed by atoms with van der Waals surface area (Å²) in [5, 5.41) is 6.13. The Balaban J connectivity index is 0.00000312. The van der Waals surface area contributed by atoms with Gasteiger partial charge >= 0.3 is 0 Å². The SMILES string of the molecule is CCOc1ccc(S(=O)(=O)NCCC(=O)N[C@H]2CCCNC2)cc1.Cl. The molecule has 1 atom stereocenters. The molecule has 1 aromatic rings. The van der Waals surface area contributed by atoms with Crippen LogP contribution in [0.4, 0.5) is 0 Å². The zero-order valence-electron chi connectivity index (χ0n) is 14.3. The quantitative estimate of drug-likeness (QED) is 0.615. The Bertz CT molecular complexity index is 631. The van der Waals surface area contributed by atoms with Gasteiger partial charge in [-0.3, -0.25) is 4.79 Å². The second-order valence-electron chi connectivity index (χ2n) is 5.66. The highest BCUT2D eigenvalue weighted by molar-refractivity contribution is 7.89. The maximum absolute atomic E-state index is 12.2. The van der Waals surface area contributed by atoms with Gasteiger partial charge < -0.3 is 15.4 Å². The zero-order valence-corrected chi connectivity index (χ0v) is 15.9. The molecule has 0 radical (unpaired) electrons. The van der Waals surface area contributed by atoms with E-state index >= 15 is 0 Å². The van der Waals surface area contributed by atoms with E-state index in [2.05, 4.69) is 15.4 Å². The minimum Gasteiger partial charge on any atom is -0.494 e. The number of sulfonamides is 1. The Morgan fingerprint density at radius 2 is 2.04 bits per heavy atom. The third-order valence-electron chi connectivity index (χ3n) is 3.75. The summed E-state index contributed by atoms with van der Waals surface area (Å²) < 4.78 is 32.1. The maximum atomic E-state index is 12.2. The normalized spacial score (nSPS) is 17.4. The molecule has 2 rings (SSSR count). The molecule has 0 bridgehead atoms.